The molecule has 0 aliphatic heterocycles. The predicted molar refractivity (Wildman–Crippen MR) is 73.9 cm³/mol. The lowest BCUT2D eigenvalue weighted by Crippen LogP contribution is -2.39. The molecule has 0 amide bonds. The highest BCUT2D eigenvalue weighted by Gasteiger charge is 2.19. The molecule has 1 rings (SSSR count). The van der Waals surface area contributed by atoms with Gasteiger partial charge in [-0.2, -0.15) is 0 Å². The third-order valence-electron chi connectivity index (χ3n) is 2.00. The number of methoxy groups -OCH3 is 1. The van der Waals surface area contributed by atoms with E-state index in [1.54, 1.807) is 24.3 Å². The van der Waals surface area contributed by atoms with Gasteiger partial charge in [-0.15, -0.1) is 0 Å². The summed E-state index contributed by atoms with van der Waals surface area (Å²) in [7, 11) is -1.96. The topological polar surface area (TPSA) is 55.4 Å². The van der Waals surface area contributed by atoms with Gasteiger partial charge in [0.1, 0.15) is 0 Å². The Labute approximate surface area is 118 Å². The molecule has 0 saturated carbocycles. The summed E-state index contributed by atoms with van der Waals surface area (Å²) in [6.45, 7) is 0.320. The molecule has 0 heterocycles. The first-order valence-corrected chi connectivity index (χ1v) is 8.22. The van der Waals surface area contributed by atoms with E-state index >= 15 is 0 Å². The summed E-state index contributed by atoms with van der Waals surface area (Å²) in [5.74, 6) is 0. The van der Waals surface area contributed by atoms with Crippen LogP contribution in [0.15, 0.2) is 33.6 Å². The average molecular weight is 387 g/mol. The molecule has 17 heavy (non-hydrogen) atoms. The first kappa shape index (κ1) is 15.1. The summed E-state index contributed by atoms with van der Waals surface area (Å²) in [6, 6.07) is 6.19. The van der Waals surface area contributed by atoms with Crippen LogP contribution in [-0.2, 0) is 14.8 Å². The zero-order valence-electron chi connectivity index (χ0n) is 9.19. The molecule has 0 fully saturated rings. The predicted octanol–water partition coefficient (Wildman–Crippen LogP) is 2.14. The first-order valence-electron chi connectivity index (χ1n) is 4.82. The molecule has 4 nitrogen and oxygen atoms in total. The van der Waals surface area contributed by atoms with Crippen molar-refractivity contribution < 1.29 is 13.2 Å². The van der Waals surface area contributed by atoms with Gasteiger partial charge in [0.25, 0.3) is 0 Å². The van der Waals surface area contributed by atoms with Crippen LogP contribution in [0, 0.1) is 0 Å². The Morgan fingerprint density at radius 3 is 2.41 bits per heavy atom. The number of benzene rings is 1. The second kappa shape index (κ2) is 6.84. The Hall–Kier alpha value is 0.0500. The largest absolute Gasteiger partial charge is 0.383 e. The van der Waals surface area contributed by atoms with E-state index in [0.717, 1.165) is 4.47 Å². The van der Waals surface area contributed by atoms with Gasteiger partial charge in [0, 0.05) is 16.9 Å². The van der Waals surface area contributed by atoms with Gasteiger partial charge in [0.15, 0.2) is 0 Å². The Morgan fingerprint density at radius 2 is 1.94 bits per heavy atom. The molecule has 1 atom stereocenters. The van der Waals surface area contributed by atoms with E-state index in [1.165, 1.54) is 7.11 Å². The smallest absolute Gasteiger partial charge is 0.240 e. The Morgan fingerprint density at radius 1 is 1.35 bits per heavy atom. The van der Waals surface area contributed by atoms with Gasteiger partial charge in [-0.1, -0.05) is 31.9 Å². The minimum absolute atomic E-state index is 0.239. The SMILES string of the molecule is COCC(CBr)NS(=O)(=O)c1ccc(Br)cc1. The van der Waals surface area contributed by atoms with Crippen molar-refractivity contribution in [3.8, 4) is 0 Å². The molecule has 0 radical (unpaired) electrons. The third-order valence-corrected chi connectivity index (χ3v) is 4.85. The molecule has 0 spiro atoms. The van der Waals surface area contributed by atoms with Crippen molar-refractivity contribution in [1.29, 1.82) is 0 Å². The maximum Gasteiger partial charge on any atom is 0.240 e. The summed E-state index contributed by atoms with van der Waals surface area (Å²) in [6.07, 6.45) is 0. The first-order chi connectivity index (χ1) is 7.99. The van der Waals surface area contributed by atoms with Crippen molar-refractivity contribution in [2.75, 3.05) is 19.0 Å². The molecule has 1 aromatic carbocycles. The van der Waals surface area contributed by atoms with Crippen molar-refractivity contribution in [2.24, 2.45) is 0 Å². The van der Waals surface area contributed by atoms with Crippen molar-refractivity contribution in [3.63, 3.8) is 0 Å². The Bertz CT molecular complexity index is 447. The second-order valence-electron chi connectivity index (χ2n) is 3.38. The van der Waals surface area contributed by atoms with Crippen LogP contribution >= 0.6 is 31.9 Å². The standard InChI is InChI=1S/C10H13Br2NO3S/c1-16-7-9(6-11)13-17(14,15)10-4-2-8(12)3-5-10/h2-5,9,13H,6-7H2,1H3. The maximum atomic E-state index is 12.0. The van der Waals surface area contributed by atoms with Crippen LogP contribution in [0.3, 0.4) is 0 Å². The molecule has 1 aromatic rings. The second-order valence-corrected chi connectivity index (χ2v) is 6.66. The van der Waals surface area contributed by atoms with E-state index in [2.05, 4.69) is 36.6 Å². The quantitative estimate of drug-likeness (QED) is 0.762. The van der Waals surface area contributed by atoms with Crippen LogP contribution < -0.4 is 4.72 Å². The van der Waals surface area contributed by atoms with Crippen molar-refractivity contribution in [1.82, 2.24) is 4.72 Å². The van der Waals surface area contributed by atoms with Crippen LogP contribution in [0.1, 0.15) is 0 Å². The zero-order chi connectivity index (χ0) is 12.9. The van der Waals surface area contributed by atoms with E-state index in [4.69, 9.17) is 4.74 Å². The van der Waals surface area contributed by atoms with Gasteiger partial charge >= 0.3 is 0 Å². The lowest BCUT2D eigenvalue weighted by molar-refractivity contribution is 0.182. The maximum absolute atomic E-state index is 12.0. The number of rotatable bonds is 6. The van der Waals surface area contributed by atoms with Crippen LogP contribution in [0.2, 0.25) is 0 Å². The molecule has 0 aromatic heterocycles. The normalized spacial score (nSPS) is 13.6. The molecule has 1 unspecified atom stereocenters. The molecule has 1 N–H and O–H groups in total. The van der Waals surface area contributed by atoms with Gasteiger partial charge in [-0.05, 0) is 24.3 Å². The van der Waals surface area contributed by atoms with Crippen LogP contribution in [0.4, 0.5) is 0 Å². The summed E-state index contributed by atoms with van der Waals surface area (Å²) in [5, 5.41) is 0.497. The van der Waals surface area contributed by atoms with Crippen molar-refractivity contribution >= 4 is 41.9 Å². The average Bonchev–Trinajstić information content (AvgIpc) is 2.28. The summed E-state index contributed by atoms with van der Waals surface area (Å²) in [5.41, 5.74) is 0. The van der Waals surface area contributed by atoms with Gasteiger partial charge in [-0.25, -0.2) is 13.1 Å². The monoisotopic (exact) mass is 385 g/mol. The fraction of sp³-hybridized carbons (Fsp3) is 0.400. The van der Waals surface area contributed by atoms with Gasteiger partial charge in [-0.3, -0.25) is 0 Å². The van der Waals surface area contributed by atoms with E-state index in [9.17, 15) is 8.42 Å². The minimum atomic E-state index is -3.49. The number of ether oxygens (including phenoxy) is 1. The summed E-state index contributed by atoms with van der Waals surface area (Å²) < 4.78 is 32.3. The highest BCUT2D eigenvalue weighted by atomic mass is 79.9. The molecule has 7 heteroatoms. The van der Waals surface area contributed by atoms with Crippen LogP contribution in [-0.4, -0.2) is 33.5 Å². The van der Waals surface area contributed by atoms with E-state index in [-0.39, 0.29) is 10.9 Å². The number of hydrogen-bond donors (Lipinski definition) is 1. The summed E-state index contributed by atoms with van der Waals surface area (Å²) >= 11 is 6.50. The number of sulfonamides is 1. The molecule has 0 aliphatic carbocycles. The van der Waals surface area contributed by atoms with Gasteiger partial charge in [0.05, 0.1) is 17.5 Å². The molecule has 0 bridgehead atoms. The molecule has 96 valence electrons. The minimum Gasteiger partial charge on any atom is -0.383 e. The molecule has 0 aliphatic rings. The fourth-order valence-electron chi connectivity index (χ4n) is 1.21. The lowest BCUT2D eigenvalue weighted by atomic mass is 10.4. The molecule has 0 saturated heterocycles. The number of halogens is 2. The van der Waals surface area contributed by atoms with Gasteiger partial charge < -0.3 is 4.74 Å². The Kier molecular flexibility index (Phi) is 6.08. The Balaban J connectivity index is 2.84. The summed E-state index contributed by atoms with van der Waals surface area (Å²) in [4.78, 5) is 0.239. The van der Waals surface area contributed by atoms with E-state index in [0.29, 0.717) is 11.9 Å². The van der Waals surface area contributed by atoms with Crippen LogP contribution in [0.25, 0.3) is 0 Å². The zero-order valence-corrected chi connectivity index (χ0v) is 13.2. The highest BCUT2D eigenvalue weighted by molar-refractivity contribution is 9.10. The molecular weight excluding hydrogens is 374 g/mol. The van der Waals surface area contributed by atoms with Gasteiger partial charge in [0.2, 0.25) is 10.0 Å². The third kappa shape index (κ3) is 4.67. The number of nitrogens with one attached hydrogen (secondary N) is 1. The molecular formula is C10H13Br2NO3S. The van der Waals surface area contributed by atoms with E-state index in [1.807, 2.05) is 0 Å². The van der Waals surface area contributed by atoms with Crippen molar-refractivity contribution in [3.05, 3.63) is 28.7 Å². The fourth-order valence-corrected chi connectivity index (χ4v) is 3.26. The highest BCUT2D eigenvalue weighted by Crippen LogP contribution is 2.15. The number of alkyl halides is 1. The van der Waals surface area contributed by atoms with E-state index < -0.39 is 10.0 Å². The van der Waals surface area contributed by atoms with Crippen LogP contribution in [0.5, 0.6) is 0 Å². The lowest BCUT2D eigenvalue weighted by Gasteiger charge is -2.15. The van der Waals surface area contributed by atoms with Crippen molar-refractivity contribution in [2.45, 2.75) is 10.9 Å². The number of hydrogen-bond acceptors (Lipinski definition) is 3.